The molecule has 98 valence electrons. The van der Waals surface area contributed by atoms with Crippen molar-refractivity contribution in [2.24, 2.45) is 5.41 Å². The summed E-state index contributed by atoms with van der Waals surface area (Å²) in [6, 6.07) is 0. The third-order valence-electron chi connectivity index (χ3n) is 3.66. The first-order valence-corrected chi connectivity index (χ1v) is 6.25. The van der Waals surface area contributed by atoms with Crippen molar-refractivity contribution < 1.29 is 19.4 Å². The summed E-state index contributed by atoms with van der Waals surface area (Å²) in [6.07, 6.45) is 0.533. The summed E-state index contributed by atoms with van der Waals surface area (Å²) in [5.74, 6) is -0.214. The minimum absolute atomic E-state index is 0.0256. The standard InChI is InChI=1S/C13H22O4/c1-12(2,3)17-10-5-9-8(14)6-13(10,4)7-11(15)16-9/h8-10,14H,5-7H2,1-4H3/t8-,9-,10-,13-/m0/s1. The summed E-state index contributed by atoms with van der Waals surface area (Å²) >= 11 is 0. The molecular formula is C13H22O4. The molecule has 1 saturated carbocycles. The van der Waals surface area contributed by atoms with E-state index >= 15 is 0 Å². The second-order valence-electron chi connectivity index (χ2n) is 6.59. The van der Waals surface area contributed by atoms with Crippen molar-refractivity contribution >= 4 is 5.97 Å². The number of hydrogen-bond donors (Lipinski definition) is 1. The van der Waals surface area contributed by atoms with Crippen LogP contribution in [-0.4, -0.2) is 35.0 Å². The summed E-state index contributed by atoms with van der Waals surface area (Å²) in [6.45, 7) is 8.03. The normalized spacial score (nSPS) is 42.2. The van der Waals surface area contributed by atoms with Gasteiger partial charge in [-0.3, -0.25) is 4.79 Å². The van der Waals surface area contributed by atoms with E-state index in [4.69, 9.17) is 9.47 Å². The monoisotopic (exact) mass is 242 g/mol. The molecule has 2 aliphatic heterocycles. The maximum Gasteiger partial charge on any atom is 0.306 e. The third kappa shape index (κ3) is 2.63. The first-order chi connectivity index (χ1) is 7.70. The maximum atomic E-state index is 11.6. The van der Waals surface area contributed by atoms with Gasteiger partial charge >= 0.3 is 5.97 Å². The van der Waals surface area contributed by atoms with E-state index in [9.17, 15) is 9.90 Å². The number of esters is 1. The topological polar surface area (TPSA) is 55.8 Å². The summed E-state index contributed by atoms with van der Waals surface area (Å²) in [7, 11) is 0. The van der Waals surface area contributed by atoms with Crippen molar-refractivity contribution in [2.75, 3.05) is 0 Å². The summed E-state index contributed by atoms with van der Waals surface area (Å²) < 4.78 is 11.3. The highest BCUT2D eigenvalue weighted by Crippen LogP contribution is 2.46. The quantitative estimate of drug-likeness (QED) is 0.710. The summed E-state index contributed by atoms with van der Waals surface area (Å²) in [5.41, 5.74) is -0.553. The smallest absolute Gasteiger partial charge is 0.306 e. The van der Waals surface area contributed by atoms with Crippen LogP contribution in [0.3, 0.4) is 0 Å². The number of rotatable bonds is 1. The van der Waals surface area contributed by atoms with Crippen molar-refractivity contribution in [1.29, 1.82) is 0 Å². The van der Waals surface area contributed by atoms with Gasteiger partial charge in [0.15, 0.2) is 0 Å². The Morgan fingerprint density at radius 3 is 2.71 bits per heavy atom. The molecule has 0 unspecified atom stereocenters. The van der Waals surface area contributed by atoms with Crippen molar-refractivity contribution in [3.8, 4) is 0 Å². The molecule has 3 fully saturated rings. The van der Waals surface area contributed by atoms with Crippen LogP contribution < -0.4 is 0 Å². The molecule has 2 saturated heterocycles. The van der Waals surface area contributed by atoms with Gasteiger partial charge in [0.1, 0.15) is 6.10 Å². The summed E-state index contributed by atoms with van der Waals surface area (Å²) in [4.78, 5) is 11.6. The van der Waals surface area contributed by atoms with Gasteiger partial charge in [0.2, 0.25) is 0 Å². The fourth-order valence-electron chi connectivity index (χ4n) is 2.86. The van der Waals surface area contributed by atoms with E-state index in [0.29, 0.717) is 19.3 Å². The van der Waals surface area contributed by atoms with Gasteiger partial charge in [-0.1, -0.05) is 6.92 Å². The Bertz CT molecular complexity index is 320. The van der Waals surface area contributed by atoms with Crippen molar-refractivity contribution in [3.05, 3.63) is 0 Å². The molecule has 4 nitrogen and oxygen atoms in total. The van der Waals surface area contributed by atoms with Crippen LogP contribution in [0.5, 0.6) is 0 Å². The first kappa shape index (κ1) is 12.8. The minimum atomic E-state index is -0.550. The van der Waals surface area contributed by atoms with Gasteiger partial charge in [0.05, 0.1) is 24.2 Å². The van der Waals surface area contributed by atoms with Crippen LogP contribution in [0.2, 0.25) is 0 Å². The van der Waals surface area contributed by atoms with E-state index in [-0.39, 0.29) is 23.1 Å². The predicted octanol–water partition coefficient (Wildman–Crippen LogP) is 1.65. The molecular weight excluding hydrogens is 220 g/mol. The SMILES string of the molecule is CC(C)(C)O[C@H]1C[C@@H]2OC(=O)C[C@]1(C)C[C@@H]2O. The highest BCUT2D eigenvalue weighted by molar-refractivity contribution is 5.71. The molecule has 2 heterocycles. The van der Waals surface area contributed by atoms with E-state index in [1.807, 2.05) is 27.7 Å². The van der Waals surface area contributed by atoms with Crippen LogP contribution in [0.4, 0.5) is 0 Å². The molecule has 3 aliphatic rings. The first-order valence-electron chi connectivity index (χ1n) is 6.25. The van der Waals surface area contributed by atoms with Crippen LogP contribution >= 0.6 is 0 Å². The average Bonchev–Trinajstić information content (AvgIpc) is 2.26. The lowest BCUT2D eigenvalue weighted by Crippen LogP contribution is -2.49. The van der Waals surface area contributed by atoms with Crippen LogP contribution in [0.1, 0.15) is 47.0 Å². The molecule has 0 amide bonds. The Labute approximate surface area is 102 Å². The predicted molar refractivity (Wildman–Crippen MR) is 62.5 cm³/mol. The lowest BCUT2D eigenvalue weighted by Gasteiger charge is -2.44. The molecule has 0 spiro atoms. The highest BCUT2D eigenvalue weighted by Gasteiger charge is 2.51. The van der Waals surface area contributed by atoms with Crippen LogP contribution in [0.25, 0.3) is 0 Å². The van der Waals surface area contributed by atoms with Gasteiger partial charge < -0.3 is 14.6 Å². The van der Waals surface area contributed by atoms with Gasteiger partial charge in [-0.15, -0.1) is 0 Å². The minimum Gasteiger partial charge on any atom is -0.459 e. The molecule has 0 radical (unpaired) electrons. The molecule has 1 aliphatic carbocycles. The molecule has 0 aromatic heterocycles. The largest absolute Gasteiger partial charge is 0.459 e. The van der Waals surface area contributed by atoms with E-state index in [1.54, 1.807) is 0 Å². The van der Waals surface area contributed by atoms with Crippen molar-refractivity contribution in [1.82, 2.24) is 0 Å². The number of carbonyl (C=O) groups excluding carboxylic acids is 1. The number of carbonyl (C=O) groups is 1. The number of fused-ring (bicyclic) bond motifs is 4. The Kier molecular flexibility index (Phi) is 2.99. The fraction of sp³-hybridized carbons (Fsp3) is 0.923. The van der Waals surface area contributed by atoms with Gasteiger partial charge in [-0.2, -0.15) is 0 Å². The maximum absolute atomic E-state index is 11.6. The van der Waals surface area contributed by atoms with Crippen LogP contribution in [-0.2, 0) is 14.3 Å². The van der Waals surface area contributed by atoms with Crippen molar-refractivity contribution in [3.63, 3.8) is 0 Å². The highest BCUT2D eigenvalue weighted by atomic mass is 16.6. The molecule has 17 heavy (non-hydrogen) atoms. The van der Waals surface area contributed by atoms with Gasteiger partial charge in [0, 0.05) is 11.8 Å². The number of aliphatic hydroxyl groups excluding tert-OH is 1. The van der Waals surface area contributed by atoms with Gasteiger partial charge in [0.25, 0.3) is 0 Å². The average molecular weight is 242 g/mol. The van der Waals surface area contributed by atoms with Gasteiger partial charge in [-0.05, 0) is 27.2 Å². The molecule has 1 N–H and O–H groups in total. The molecule has 4 atom stereocenters. The zero-order valence-electron chi connectivity index (χ0n) is 11.0. The lowest BCUT2D eigenvalue weighted by molar-refractivity contribution is -0.165. The third-order valence-corrected chi connectivity index (χ3v) is 3.66. The number of ether oxygens (including phenoxy) is 2. The lowest BCUT2D eigenvalue weighted by atomic mass is 9.70. The van der Waals surface area contributed by atoms with Gasteiger partial charge in [-0.25, -0.2) is 0 Å². The van der Waals surface area contributed by atoms with Crippen LogP contribution in [0, 0.1) is 5.41 Å². The molecule has 0 aromatic rings. The van der Waals surface area contributed by atoms with Crippen molar-refractivity contribution in [2.45, 2.75) is 70.9 Å². The molecule has 0 aromatic carbocycles. The Morgan fingerprint density at radius 2 is 2.12 bits per heavy atom. The Balaban J connectivity index is 2.22. The van der Waals surface area contributed by atoms with E-state index < -0.39 is 12.2 Å². The second kappa shape index (κ2) is 3.95. The summed E-state index contributed by atoms with van der Waals surface area (Å²) in [5, 5.41) is 9.95. The van der Waals surface area contributed by atoms with E-state index in [1.165, 1.54) is 0 Å². The number of aliphatic hydroxyl groups is 1. The Morgan fingerprint density at radius 1 is 1.47 bits per heavy atom. The Hall–Kier alpha value is -0.610. The van der Waals surface area contributed by atoms with E-state index in [0.717, 1.165) is 0 Å². The number of hydrogen-bond acceptors (Lipinski definition) is 4. The molecule has 4 heteroatoms. The molecule has 3 rings (SSSR count). The fourth-order valence-corrected chi connectivity index (χ4v) is 2.86. The zero-order chi connectivity index (χ0) is 12.8. The van der Waals surface area contributed by atoms with E-state index in [2.05, 4.69) is 0 Å². The van der Waals surface area contributed by atoms with Crippen LogP contribution in [0.15, 0.2) is 0 Å². The molecule has 2 bridgehead atoms. The zero-order valence-corrected chi connectivity index (χ0v) is 11.0. The second-order valence-corrected chi connectivity index (χ2v) is 6.59.